The van der Waals surface area contributed by atoms with Crippen LogP contribution in [0.15, 0.2) is 71.1 Å². The first-order valence-corrected chi connectivity index (χ1v) is 8.65. The van der Waals surface area contributed by atoms with Crippen LogP contribution in [0, 0.1) is 5.82 Å². The molecule has 0 saturated carbocycles. The predicted octanol–water partition coefficient (Wildman–Crippen LogP) is 5.46. The lowest BCUT2D eigenvalue weighted by Crippen LogP contribution is -2.11. The molecule has 134 valence electrons. The molecule has 0 atom stereocenters. The molecule has 6 heteroatoms. The standard InChI is InChI=1S/C21H14ClFN2O2/c22-15-6-4-13(5-7-15)10-20-25-18-12-17(8-9-19(18)27-20)24-21(26)14-2-1-3-16(23)11-14/h1-9,11-12H,10H2,(H,24,26). The monoisotopic (exact) mass is 380 g/mol. The summed E-state index contributed by atoms with van der Waals surface area (Å²) in [5, 5.41) is 3.42. The quantitative estimate of drug-likeness (QED) is 0.511. The number of benzene rings is 3. The summed E-state index contributed by atoms with van der Waals surface area (Å²) in [7, 11) is 0. The van der Waals surface area contributed by atoms with Crippen LogP contribution < -0.4 is 5.32 Å². The van der Waals surface area contributed by atoms with Gasteiger partial charge in [0.2, 0.25) is 0 Å². The molecular formula is C21H14ClFN2O2. The van der Waals surface area contributed by atoms with Crippen molar-refractivity contribution in [1.29, 1.82) is 0 Å². The molecular weight excluding hydrogens is 367 g/mol. The summed E-state index contributed by atoms with van der Waals surface area (Å²) in [4.78, 5) is 16.7. The van der Waals surface area contributed by atoms with Gasteiger partial charge in [-0.3, -0.25) is 4.79 Å². The smallest absolute Gasteiger partial charge is 0.255 e. The number of nitrogens with one attached hydrogen (secondary N) is 1. The van der Waals surface area contributed by atoms with Gasteiger partial charge in [-0.2, -0.15) is 0 Å². The van der Waals surface area contributed by atoms with Gasteiger partial charge in [-0.25, -0.2) is 9.37 Å². The maximum Gasteiger partial charge on any atom is 0.255 e. The summed E-state index contributed by atoms with van der Waals surface area (Å²) in [6, 6.07) is 18.2. The number of carbonyl (C=O) groups excluding carboxylic acids is 1. The third kappa shape index (κ3) is 3.99. The Bertz CT molecular complexity index is 1120. The van der Waals surface area contributed by atoms with Crippen LogP contribution in [0.4, 0.5) is 10.1 Å². The molecule has 3 aromatic carbocycles. The van der Waals surface area contributed by atoms with Crippen molar-refractivity contribution < 1.29 is 13.6 Å². The Kier molecular flexibility index (Phi) is 4.60. The second-order valence-electron chi connectivity index (χ2n) is 6.06. The van der Waals surface area contributed by atoms with E-state index >= 15 is 0 Å². The highest BCUT2D eigenvalue weighted by molar-refractivity contribution is 6.30. The molecule has 1 heterocycles. The van der Waals surface area contributed by atoms with Gasteiger partial charge in [0.1, 0.15) is 11.3 Å². The van der Waals surface area contributed by atoms with Gasteiger partial charge in [0, 0.05) is 22.7 Å². The molecule has 4 nitrogen and oxygen atoms in total. The van der Waals surface area contributed by atoms with Crippen molar-refractivity contribution in [3.8, 4) is 0 Å². The lowest BCUT2D eigenvalue weighted by molar-refractivity contribution is 0.102. The topological polar surface area (TPSA) is 55.1 Å². The van der Waals surface area contributed by atoms with Crippen molar-refractivity contribution in [3.63, 3.8) is 0 Å². The second kappa shape index (κ2) is 7.21. The summed E-state index contributed by atoms with van der Waals surface area (Å²) in [5.41, 5.74) is 3.10. The predicted molar refractivity (Wildman–Crippen MR) is 103 cm³/mol. The van der Waals surface area contributed by atoms with E-state index in [-0.39, 0.29) is 5.56 Å². The number of amides is 1. The third-order valence-electron chi connectivity index (χ3n) is 4.05. The first-order chi connectivity index (χ1) is 13.1. The van der Waals surface area contributed by atoms with Crippen molar-refractivity contribution in [1.82, 2.24) is 4.98 Å². The van der Waals surface area contributed by atoms with Gasteiger partial charge in [0.25, 0.3) is 5.91 Å². The van der Waals surface area contributed by atoms with E-state index in [0.717, 1.165) is 5.56 Å². The first-order valence-electron chi connectivity index (χ1n) is 8.28. The lowest BCUT2D eigenvalue weighted by Gasteiger charge is -2.04. The Morgan fingerprint density at radius 1 is 1.07 bits per heavy atom. The minimum atomic E-state index is -0.457. The van der Waals surface area contributed by atoms with E-state index in [1.165, 1.54) is 18.2 Å². The number of rotatable bonds is 4. The number of hydrogen-bond acceptors (Lipinski definition) is 3. The van der Waals surface area contributed by atoms with E-state index < -0.39 is 11.7 Å². The molecule has 0 saturated heterocycles. The fourth-order valence-corrected chi connectivity index (χ4v) is 2.86. The third-order valence-corrected chi connectivity index (χ3v) is 4.30. The molecule has 1 N–H and O–H groups in total. The molecule has 1 amide bonds. The Labute approximate surface area is 159 Å². The number of aromatic nitrogens is 1. The Balaban J connectivity index is 1.53. The number of carbonyl (C=O) groups is 1. The number of oxazole rings is 1. The molecule has 0 unspecified atom stereocenters. The number of hydrogen-bond donors (Lipinski definition) is 1. The van der Waals surface area contributed by atoms with E-state index in [0.29, 0.717) is 34.1 Å². The summed E-state index contributed by atoms with van der Waals surface area (Å²) in [5.74, 6) is -0.277. The van der Waals surface area contributed by atoms with Gasteiger partial charge in [-0.15, -0.1) is 0 Å². The van der Waals surface area contributed by atoms with Crippen molar-refractivity contribution >= 4 is 34.3 Å². The molecule has 0 aliphatic carbocycles. The zero-order valence-corrected chi connectivity index (χ0v) is 14.8. The largest absolute Gasteiger partial charge is 0.440 e. The molecule has 4 rings (SSSR count). The summed E-state index contributed by atoms with van der Waals surface area (Å²) >= 11 is 5.90. The lowest BCUT2D eigenvalue weighted by atomic mass is 10.1. The van der Waals surface area contributed by atoms with Crippen molar-refractivity contribution in [2.45, 2.75) is 6.42 Å². The SMILES string of the molecule is O=C(Nc1ccc2oc(Cc3ccc(Cl)cc3)nc2c1)c1cccc(F)c1. The minimum absolute atomic E-state index is 0.249. The molecule has 0 aliphatic rings. The average molecular weight is 381 g/mol. The van der Waals surface area contributed by atoms with Crippen LogP contribution in [0.1, 0.15) is 21.8 Å². The van der Waals surface area contributed by atoms with Crippen molar-refractivity contribution in [2.75, 3.05) is 5.32 Å². The highest BCUT2D eigenvalue weighted by Gasteiger charge is 2.11. The van der Waals surface area contributed by atoms with Crippen molar-refractivity contribution in [2.24, 2.45) is 0 Å². The minimum Gasteiger partial charge on any atom is -0.440 e. The normalized spacial score (nSPS) is 10.9. The van der Waals surface area contributed by atoms with Gasteiger partial charge in [0.15, 0.2) is 11.5 Å². The molecule has 1 aromatic heterocycles. The first kappa shape index (κ1) is 17.2. The molecule has 4 aromatic rings. The fraction of sp³-hybridized carbons (Fsp3) is 0.0476. The molecule has 0 bridgehead atoms. The summed E-state index contributed by atoms with van der Waals surface area (Å²) in [6.07, 6.45) is 0.539. The van der Waals surface area contributed by atoms with Gasteiger partial charge in [-0.05, 0) is 54.1 Å². The Morgan fingerprint density at radius 2 is 1.89 bits per heavy atom. The Morgan fingerprint density at radius 3 is 2.67 bits per heavy atom. The molecule has 0 fully saturated rings. The van der Waals surface area contributed by atoms with E-state index in [9.17, 15) is 9.18 Å². The Hall–Kier alpha value is -3.18. The number of halogens is 2. The molecule has 0 spiro atoms. The van der Waals surface area contributed by atoms with E-state index in [1.54, 1.807) is 24.3 Å². The van der Waals surface area contributed by atoms with Gasteiger partial charge in [0.05, 0.1) is 0 Å². The maximum absolute atomic E-state index is 13.3. The van der Waals surface area contributed by atoms with Crippen LogP contribution in [0.25, 0.3) is 11.1 Å². The summed E-state index contributed by atoms with van der Waals surface area (Å²) < 4.78 is 19.0. The zero-order valence-electron chi connectivity index (χ0n) is 14.1. The number of anilines is 1. The number of fused-ring (bicyclic) bond motifs is 1. The highest BCUT2D eigenvalue weighted by atomic mass is 35.5. The maximum atomic E-state index is 13.3. The zero-order chi connectivity index (χ0) is 18.8. The molecule has 0 aliphatic heterocycles. The molecule has 0 radical (unpaired) electrons. The van der Waals surface area contributed by atoms with Crippen LogP contribution in [0.5, 0.6) is 0 Å². The van der Waals surface area contributed by atoms with Gasteiger partial charge < -0.3 is 9.73 Å². The van der Waals surface area contributed by atoms with Gasteiger partial charge in [-0.1, -0.05) is 29.8 Å². The van der Waals surface area contributed by atoms with Crippen molar-refractivity contribution in [3.05, 3.63) is 94.6 Å². The second-order valence-corrected chi connectivity index (χ2v) is 6.49. The van der Waals surface area contributed by atoms with Crippen LogP contribution in [-0.2, 0) is 6.42 Å². The van der Waals surface area contributed by atoms with Crippen LogP contribution in [0.3, 0.4) is 0 Å². The van der Waals surface area contributed by atoms with E-state index in [4.69, 9.17) is 16.0 Å². The van der Waals surface area contributed by atoms with Crippen LogP contribution >= 0.6 is 11.6 Å². The highest BCUT2D eigenvalue weighted by Crippen LogP contribution is 2.22. The summed E-state index contributed by atoms with van der Waals surface area (Å²) in [6.45, 7) is 0. The van der Waals surface area contributed by atoms with Crippen LogP contribution in [-0.4, -0.2) is 10.9 Å². The average Bonchev–Trinajstić information content (AvgIpc) is 3.05. The fourth-order valence-electron chi connectivity index (χ4n) is 2.74. The van der Waals surface area contributed by atoms with Crippen LogP contribution in [0.2, 0.25) is 5.02 Å². The van der Waals surface area contributed by atoms with Gasteiger partial charge >= 0.3 is 0 Å². The molecule has 27 heavy (non-hydrogen) atoms. The number of nitrogens with zero attached hydrogens (tertiary/aromatic N) is 1. The van der Waals surface area contributed by atoms with E-state index in [1.807, 2.05) is 24.3 Å². The van der Waals surface area contributed by atoms with E-state index in [2.05, 4.69) is 10.3 Å².